The topological polar surface area (TPSA) is 12.0 Å². The van der Waals surface area contributed by atoms with E-state index in [0.717, 1.165) is 41.3 Å². The van der Waals surface area contributed by atoms with E-state index in [1.54, 1.807) is 0 Å². The Hall–Kier alpha value is -1.17. The van der Waals surface area contributed by atoms with Crippen LogP contribution in [0.2, 0.25) is 0 Å². The molecule has 0 saturated carbocycles. The molecule has 6 heteroatoms. The molecule has 1 nitrogen and oxygen atoms in total. The molecule has 0 amide bonds. The molecule has 0 unspecified atom stereocenters. The minimum absolute atomic E-state index is 0. The predicted molar refractivity (Wildman–Crippen MR) is 91.5 cm³/mol. The monoisotopic (exact) mass is 361 g/mol. The first-order chi connectivity index (χ1) is 10.5. The molecule has 0 aliphatic heterocycles. The van der Waals surface area contributed by atoms with E-state index < -0.39 is 11.7 Å². The van der Waals surface area contributed by atoms with E-state index in [2.05, 4.69) is 17.4 Å². The maximum atomic E-state index is 12.5. The van der Waals surface area contributed by atoms with Crippen molar-refractivity contribution in [1.82, 2.24) is 5.32 Å². The van der Waals surface area contributed by atoms with Crippen molar-refractivity contribution in [3.05, 3.63) is 59.7 Å². The third-order valence-electron chi connectivity index (χ3n) is 3.21. The summed E-state index contributed by atoms with van der Waals surface area (Å²) in [4.78, 5) is 1.85. The Bertz CT molecular complexity index is 600. The summed E-state index contributed by atoms with van der Waals surface area (Å²) in [7, 11) is 1.93. The van der Waals surface area contributed by atoms with Gasteiger partial charge in [-0.05, 0) is 68.4 Å². The van der Waals surface area contributed by atoms with Gasteiger partial charge in [0, 0.05) is 9.79 Å². The van der Waals surface area contributed by atoms with Gasteiger partial charge >= 0.3 is 6.18 Å². The van der Waals surface area contributed by atoms with Crippen LogP contribution in [0.4, 0.5) is 13.2 Å². The van der Waals surface area contributed by atoms with E-state index in [1.807, 2.05) is 19.2 Å². The number of alkyl halides is 3. The maximum Gasteiger partial charge on any atom is 0.416 e. The molecule has 2 aromatic rings. The molecule has 2 aromatic carbocycles. The first-order valence-corrected chi connectivity index (χ1v) is 7.89. The van der Waals surface area contributed by atoms with Gasteiger partial charge in [0.15, 0.2) is 0 Å². The fourth-order valence-corrected chi connectivity index (χ4v) is 2.98. The molecule has 0 radical (unpaired) electrons. The van der Waals surface area contributed by atoms with Gasteiger partial charge in [-0.3, -0.25) is 0 Å². The first kappa shape index (κ1) is 19.9. The number of aryl methyl sites for hydroxylation is 1. The van der Waals surface area contributed by atoms with Gasteiger partial charge in [0.25, 0.3) is 0 Å². The Morgan fingerprint density at radius 3 is 2.30 bits per heavy atom. The van der Waals surface area contributed by atoms with E-state index in [9.17, 15) is 13.2 Å². The van der Waals surface area contributed by atoms with Crippen LogP contribution in [0, 0.1) is 0 Å². The third-order valence-corrected chi connectivity index (χ3v) is 4.21. The Labute approximate surface area is 145 Å². The van der Waals surface area contributed by atoms with Crippen molar-refractivity contribution >= 4 is 24.2 Å². The Balaban J connectivity index is 0.00000264. The molecule has 0 aliphatic carbocycles. The molecule has 0 bridgehead atoms. The fraction of sp³-hybridized carbons (Fsp3) is 0.294. The van der Waals surface area contributed by atoms with E-state index in [1.165, 1.54) is 29.5 Å². The second kappa shape index (κ2) is 9.21. The van der Waals surface area contributed by atoms with Gasteiger partial charge in [-0.25, -0.2) is 0 Å². The normalized spacial score (nSPS) is 11.1. The lowest BCUT2D eigenvalue weighted by molar-refractivity contribution is -0.137. The zero-order valence-electron chi connectivity index (χ0n) is 12.7. The lowest BCUT2D eigenvalue weighted by Crippen LogP contribution is -2.08. The minimum atomic E-state index is -4.28. The van der Waals surface area contributed by atoms with Crippen LogP contribution in [-0.4, -0.2) is 13.6 Å². The van der Waals surface area contributed by atoms with Crippen molar-refractivity contribution in [2.75, 3.05) is 13.6 Å². The molecule has 0 saturated heterocycles. The van der Waals surface area contributed by atoms with Gasteiger partial charge in [-0.2, -0.15) is 13.2 Å². The minimum Gasteiger partial charge on any atom is -0.320 e. The van der Waals surface area contributed by atoms with Gasteiger partial charge in [-0.1, -0.05) is 23.9 Å². The zero-order chi connectivity index (χ0) is 16.0. The molecule has 1 N–H and O–H groups in total. The number of halogens is 4. The summed E-state index contributed by atoms with van der Waals surface area (Å²) < 4.78 is 37.6. The number of hydrogen-bond donors (Lipinski definition) is 1. The van der Waals surface area contributed by atoms with Gasteiger partial charge in [0.1, 0.15) is 0 Å². The van der Waals surface area contributed by atoms with E-state index in [4.69, 9.17) is 0 Å². The van der Waals surface area contributed by atoms with Crippen LogP contribution in [0.15, 0.2) is 58.3 Å². The van der Waals surface area contributed by atoms with Crippen LogP contribution in [-0.2, 0) is 12.6 Å². The molecule has 0 spiro atoms. The second-order valence-corrected chi connectivity index (χ2v) is 6.13. The average molecular weight is 362 g/mol. The maximum absolute atomic E-state index is 12.5. The molecular weight excluding hydrogens is 343 g/mol. The van der Waals surface area contributed by atoms with Crippen LogP contribution in [0.1, 0.15) is 17.5 Å². The van der Waals surface area contributed by atoms with E-state index in [-0.39, 0.29) is 12.4 Å². The summed E-state index contributed by atoms with van der Waals surface area (Å²) >= 11 is 1.48. The first-order valence-electron chi connectivity index (χ1n) is 7.08. The van der Waals surface area contributed by atoms with Crippen LogP contribution in [0.5, 0.6) is 0 Å². The summed E-state index contributed by atoms with van der Waals surface area (Å²) in [6, 6.07) is 13.4. The Kier molecular flexibility index (Phi) is 7.95. The Morgan fingerprint density at radius 2 is 1.70 bits per heavy atom. The van der Waals surface area contributed by atoms with Crippen LogP contribution >= 0.6 is 24.2 Å². The molecule has 0 atom stereocenters. The summed E-state index contributed by atoms with van der Waals surface area (Å²) in [5.74, 6) is 0. The highest BCUT2D eigenvalue weighted by molar-refractivity contribution is 7.99. The SMILES string of the molecule is CNCCCc1cccc(Sc2ccc(C(F)(F)F)cc2)c1.Cl. The lowest BCUT2D eigenvalue weighted by atomic mass is 10.1. The van der Waals surface area contributed by atoms with Crippen molar-refractivity contribution < 1.29 is 13.2 Å². The second-order valence-electron chi connectivity index (χ2n) is 4.98. The predicted octanol–water partition coefficient (Wildman–Crippen LogP) is 5.43. The van der Waals surface area contributed by atoms with Gasteiger partial charge in [0.05, 0.1) is 5.56 Å². The summed E-state index contributed by atoms with van der Waals surface area (Å²) in [6.45, 7) is 0.969. The standard InChI is InChI=1S/C17H18F3NS.ClH/c1-21-11-3-5-13-4-2-6-16(12-13)22-15-9-7-14(8-10-15)17(18,19)20;/h2,4,6-10,12,21H,3,5,11H2,1H3;1H. The van der Waals surface area contributed by atoms with Gasteiger partial charge in [-0.15, -0.1) is 12.4 Å². The molecule has 0 aromatic heterocycles. The van der Waals surface area contributed by atoms with Crippen molar-refractivity contribution in [2.24, 2.45) is 0 Å². The van der Waals surface area contributed by atoms with Gasteiger partial charge in [0.2, 0.25) is 0 Å². The van der Waals surface area contributed by atoms with E-state index in [0.29, 0.717) is 0 Å². The molecule has 0 aliphatic rings. The van der Waals surface area contributed by atoms with Crippen molar-refractivity contribution in [3.8, 4) is 0 Å². The van der Waals surface area contributed by atoms with Crippen molar-refractivity contribution in [1.29, 1.82) is 0 Å². The van der Waals surface area contributed by atoms with Gasteiger partial charge < -0.3 is 5.32 Å². The molecule has 0 heterocycles. The van der Waals surface area contributed by atoms with Crippen molar-refractivity contribution in [3.63, 3.8) is 0 Å². The summed E-state index contributed by atoms with van der Waals surface area (Å²) in [6.07, 6.45) is -2.23. The molecule has 126 valence electrons. The average Bonchev–Trinajstić information content (AvgIpc) is 2.48. The third kappa shape index (κ3) is 6.45. The highest BCUT2D eigenvalue weighted by atomic mass is 35.5. The number of nitrogens with one attached hydrogen (secondary N) is 1. The quantitative estimate of drug-likeness (QED) is 0.688. The van der Waals surface area contributed by atoms with Crippen LogP contribution in [0.3, 0.4) is 0 Å². The number of hydrogen-bond acceptors (Lipinski definition) is 2. The van der Waals surface area contributed by atoms with Crippen molar-refractivity contribution in [2.45, 2.75) is 28.8 Å². The van der Waals surface area contributed by atoms with Crippen LogP contribution < -0.4 is 5.32 Å². The summed E-state index contributed by atoms with van der Waals surface area (Å²) in [5.41, 5.74) is 0.629. The molecule has 23 heavy (non-hydrogen) atoms. The zero-order valence-corrected chi connectivity index (χ0v) is 14.3. The highest BCUT2D eigenvalue weighted by Gasteiger charge is 2.29. The fourth-order valence-electron chi connectivity index (χ4n) is 2.08. The molecular formula is C17H19ClF3NS. The Morgan fingerprint density at radius 1 is 1.00 bits per heavy atom. The van der Waals surface area contributed by atoms with Crippen LogP contribution in [0.25, 0.3) is 0 Å². The number of benzene rings is 2. The highest BCUT2D eigenvalue weighted by Crippen LogP contribution is 2.33. The smallest absolute Gasteiger partial charge is 0.320 e. The molecule has 0 fully saturated rings. The summed E-state index contributed by atoms with van der Waals surface area (Å²) in [5, 5.41) is 3.11. The lowest BCUT2D eigenvalue weighted by Gasteiger charge is -2.08. The number of rotatable bonds is 6. The molecule has 2 rings (SSSR count). The van der Waals surface area contributed by atoms with E-state index >= 15 is 0 Å². The largest absolute Gasteiger partial charge is 0.416 e.